The summed E-state index contributed by atoms with van der Waals surface area (Å²) in [7, 11) is 3.64. The van der Waals surface area contributed by atoms with Crippen molar-refractivity contribution < 1.29 is 9.53 Å². The van der Waals surface area contributed by atoms with E-state index in [1.165, 1.54) is 0 Å². The average Bonchev–Trinajstić information content (AvgIpc) is 2.97. The fraction of sp³-hybridized carbons (Fsp3) is 0.667. The minimum absolute atomic E-state index is 0.0230. The van der Waals surface area contributed by atoms with Crippen molar-refractivity contribution >= 4 is 5.91 Å². The van der Waals surface area contributed by atoms with Crippen LogP contribution in [-0.4, -0.2) is 46.4 Å². The quantitative estimate of drug-likeness (QED) is 0.811. The number of amides is 1. The van der Waals surface area contributed by atoms with Gasteiger partial charge in [0.25, 0.3) is 5.91 Å². The Bertz CT molecular complexity index is 418. The van der Waals surface area contributed by atoms with Crippen molar-refractivity contribution in [1.82, 2.24) is 14.7 Å². The monoisotopic (exact) mass is 252 g/mol. The van der Waals surface area contributed by atoms with E-state index in [0.29, 0.717) is 13.1 Å². The van der Waals surface area contributed by atoms with E-state index in [1.54, 1.807) is 22.8 Å². The summed E-state index contributed by atoms with van der Waals surface area (Å²) in [6.45, 7) is 1.04. The molecule has 1 saturated heterocycles. The van der Waals surface area contributed by atoms with E-state index >= 15 is 0 Å². The first-order chi connectivity index (χ1) is 8.60. The van der Waals surface area contributed by atoms with Crippen LogP contribution in [-0.2, 0) is 23.1 Å². The Morgan fingerprint density at radius 3 is 3.00 bits per heavy atom. The van der Waals surface area contributed by atoms with Gasteiger partial charge in [0.05, 0.1) is 12.3 Å². The number of aromatic nitrogens is 2. The molecular weight excluding hydrogens is 232 g/mol. The summed E-state index contributed by atoms with van der Waals surface area (Å²) >= 11 is 0. The van der Waals surface area contributed by atoms with Crippen molar-refractivity contribution in [1.29, 1.82) is 0 Å². The molecule has 18 heavy (non-hydrogen) atoms. The Morgan fingerprint density at radius 2 is 2.44 bits per heavy atom. The number of nitrogens with zero attached hydrogens (tertiary/aromatic N) is 3. The maximum Gasteiger partial charge on any atom is 0.251 e. The number of aryl methyl sites for hydroxylation is 1. The average molecular weight is 252 g/mol. The molecule has 2 heterocycles. The molecule has 2 rings (SSSR count). The van der Waals surface area contributed by atoms with Crippen molar-refractivity contribution in [3.63, 3.8) is 0 Å². The van der Waals surface area contributed by atoms with Gasteiger partial charge in [-0.15, -0.1) is 0 Å². The highest BCUT2D eigenvalue weighted by Gasteiger charge is 2.31. The molecule has 2 atom stereocenters. The van der Waals surface area contributed by atoms with Gasteiger partial charge in [-0.05, 0) is 12.8 Å². The number of hydrogen-bond donors (Lipinski definition) is 1. The molecule has 1 aliphatic rings. The maximum absolute atomic E-state index is 12.2. The molecule has 0 aliphatic carbocycles. The number of hydrogen-bond acceptors (Lipinski definition) is 4. The molecule has 1 amide bonds. The third-order valence-corrected chi connectivity index (χ3v) is 3.20. The Kier molecular flexibility index (Phi) is 3.98. The highest BCUT2D eigenvalue weighted by molar-refractivity contribution is 5.80. The minimum Gasteiger partial charge on any atom is -0.364 e. The predicted molar refractivity (Wildman–Crippen MR) is 66.6 cm³/mol. The summed E-state index contributed by atoms with van der Waals surface area (Å²) in [5.41, 5.74) is 6.55. The van der Waals surface area contributed by atoms with E-state index in [1.807, 2.05) is 13.2 Å². The molecule has 6 heteroatoms. The van der Waals surface area contributed by atoms with Crippen LogP contribution in [0.15, 0.2) is 12.4 Å². The highest BCUT2D eigenvalue weighted by Crippen LogP contribution is 2.20. The number of ether oxygens (including phenoxy) is 1. The highest BCUT2D eigenvalue weighted by atomic mass is 16.5. The van der Waals surface area contributed by atoms with Crippen LogP contribution in [0, 0.1) is 0 Å². The van der Waals surface area contributed by atoms with Gasteiger partial charge in [-0.1, -0.05) is 0 Å². The normalized spacial score (nSPS) is 23.3. The van der Waals surface area contributed by atoms with Crippen LogP contribution < -0.4 is 5.73 Å². The molecule has 2 N–H and O–H groups in total. The van der Waals surface area contributed by atoms with Crippen LogP contribution in [0.3, 0.4) is 0 Å². The van der Waals surface area contributed by atoms with Crippen LogP contribution in [0.5, 0.6) is 0 Å². The SMILES string of the molecule is CN(Cc1cnn(C)c1)C(=O)[C@@H]1CC[C@H](CN)O1. The van der Waals surface area contributed by atoms with Gasteiger partial charge >= 0.3 is 0 Å². The van der Waals surface area contributed by atoms with Gasteiger partial charge in [-0.3, -0.25) is 9.48 Å². The first kappa shape index (κ1) is 13.0. The molecule has 0 aromatic carbocycles. The summed E-state index contributed by atoms with van der Waals surface area (Å²) in [4.78, 5) is 13.8. The topological polar surface area (TPSA) is 73.4 Å². The first-order valence-corrected chi connectivity index (χ1v) is 6.18. The Hall–Kier alpha value is -1.40. The predicted octanol–water partition coefficient (Wildman–Crippen LogP) is -0.115. The molecule has 0 unspecified atom stereocenters. The van der Waals surface area contributed by atoms with E-state index in [4.69, 9.17) is 10.5 Å². The third kappa shape index (κ3) is 2.88. The summed E-state index contributed by atoms with van der Waals surface area (Å²) in [6.07, 6.45) is 5.00. The van der Waals surface area contributed by atoms with Crippen LogP contribution in [0.2, 0.25) is 0 Å². The minimum atomic E-state index is -0.333. The first-order valence-electron chi connectivity index (χ1n) is 6.18. The summed E-state index contributed by atoms with van der Waals surface area (Å²) < 4.78 is 7.33. The van der Waals surface area contributed by atoms with Crippen molar-refractivity contribution in [2.75, 3.05) is 13.6 Å². The number of rotatable bonds is 4. The molecule has 6 nitrogen and oxygen atoms in total. The second kappa shape index (κ2) is 5.49. The van der Waals surface area contributed by atoms with E-state index in [2.05, 4.69) is 5.10 Å². The lowest BCUT2D eigenvalue weighted by Gasteiger charge is -2.20. The van der Waals surface area contributed by atoms with Gasteiger partial charge in [0.1, 0.15) is 6.10 Å². The Morgan fingerprint density at radius 1 is 1.67 bits per heavy atom. The lowest BCUT2D eigenvalue weighted by atomic mass is 10.2. The smallest absolute Gasteiger partial charge is 0.251 e. The van der Waals surface area contributed by atoms with Gasteiger partial charge in [-0.25, -0.2) is 0 Å². The lowest BCUT2D eigenvalue weighted by molar-refractivity contribution is -0.141. The zero-order valence-electron chi connectivity index (χ0n) is 10.9. The molecule has 0 bridgehead atoms. The van der Waals surface area contributed by atoms with E-state index in [-0.39, 0.29) is 18.1 Å². The maximum atomic E-state index is 12.2. The van der Waals surface area contributed by atoms with Crippen LogP contribution in [0.4, 0.5) is 0 Å². The van der Waals surface area contributed by atoms with Crippen LogP contribution in [0.25, 0.3) is 0 Å². The van der Waals surface area contributed by atoms with Crippen molar-refractivity contribution in [2.24, 2.45) is 12.8 Å². The zero-order chi connectivity index (χ0) is 13.1. The number of carbonyl (C=O) groups excluding carboxylic acids is 1. The molecule has 0 radical (unpaired) electrons. The number of nitrogens with two attached hydrogens (primary N) is 1. The van der Waals surface area contributed by atoms with Crippen molar-refractivity contribution in [2.45, 2.75) is 31.6 Å². The lowest BCUT2D eigenvalue weighted by Crippen LogP contribution is -2.36. The largest absolute Gasteiger partial charge is 0.364 e. The number of carbonyl (C=O) groups is 1. The second-order valence-electron chi connectivity index (χ2n) is 4.78. The molecule has 1 fully saturated rings. The van der Waals surface area contributed by atoms with Crippen LogP contribution >= 0.6 is 0 Å². The van der Waals surface area contributed by atoms with E-state index in [0.717, 1.165) is 18.4 Å². The fourth-order valence-electron chi connectivity index (χ4n) is 2.21. The molecule has 0 saturated carbocycles. The molecule has 1 aromatic rings. The molecular formula is C12H20N4O2. The zero-order valence-corrected chi connectivity index (χ0v) is 10.9. The fourth-order valence-corrected chi connectivity index (χ4v) is 2.21. The van der Waals surface area contributed by atoms with E-state index < -0.39 is 0 Å². The van der Waals surface area contributed by atoms with Gasteiger partial charge < -0.3 is 15.4 Å². The molecule has 100 valence electrons. The number of likely N-dealkylation sites (N-methyl/N-ethyl adjacent to an activating group) is 1. The van der Waals surface area contributed by atoms with Gasteiger partial charge in [0.2, 0.25) is 0 Å². The van der Waals surface area contributed by atoms with Crippen LogP contribution in [0.1, 0.15) is 18.4 Å². The van der Waals surface area contributed by atoms with Crippen molar-refractivity contribution in [3.8, 4) is 0 Å². The van der Waals surface area contributed by atoms with E-state index in [9.17, 15) is 4.79 Å². The Labute approximate surface area is 107 Å². The van der Waals surface area contributed by atoms with Crippen molar-refractivity contribution in [3.05, 3.63) is 18.0 Å². The summed E-state index contributed by atoms with van der Waals surface area (Å²) in [6, 6.07) is 0. The molecule has 1 aromatic heterocycles. The second-order valence-corrected chi connectivity index (χ2v) is 4.78. The summed E-state index contributed by atoms with van der Waals surface area (Å²) in [5.74, 6) is 0.0230. The van der Waals surface area contributed by atoms with Gasteiger partial charge in [0, 0.05) is 38.9 Å². The standard InChI is InChI=1S/C12H20N4O2/c1-15(7-9-6-14-16(2)8-9)12(17)11-4-3-10(5-13)18-11/h6,8,10-11H,3-5,7,13H2,1-2H3/t10-,11+/m1/s1. The van der Waals surface area contributed by atoms with Gasteiger partial charge in [0.15, 0.2) is 0 Å². The van der Waals surface area contributed by atoms with Gasteiger partial charge in [-0.2, -0.15) is 5.10 Å². The third-order valence-electron chi connectivity index (χ3n) is 3.20. The Balaban J connectivity index is 1.89. The summed E-state index contributed by atoms with van der Waals surface area (Å²) in [5, 5.41) is 4.08. The molecule has 1 aliphatic heterocycles. The molecule has 0 spiro atoms.